The highest BCUT2D eigenvalue weighted by Crippen LogP contribution is 2.06. The van der Waals surface area contributed by atoms with E-state index in [1.165, 1.54) is 0 Å². The van der Waals surface area contributed by atoms with Gasteiger partial charge in [0, 0.05) is 12.3 Å². The molecule has 32 heavy (non-hydrogen) atoms. The minimum absolute atomic E-state index is 0.0333. The lowest BCUT2D eigenvalue weighted by molar-refractivity contribution is -0.143. The van der Waals surface area contributed by atoms with Crippen LogP contribution in [0, 0.1) is 11.8 Å². The molecule has 13 heteroatoms. The lowest BCUT2D eigenvalue weighted by Crippen LogP contribution is -2.58. The van der Waals surface area contributed by atoms with Gasteiger partial charge in [-0.1, -0.05) is 27.7 Å². The summed E-state index contributed by atoms with van der Waals surface area (Å²) >= 11 is 4.10. The molecule has 0 spiro atoms. The molecule has 0 saturated heterocycles. The molecule has 12 nitrogen and oxygen atoms in total. The monoisotopic (exact) mass is 475 g/mol. The van der Waals surface area contributed by atoms with Crippen LogP contribution in [0.3, 0.4) is 0 Å². The second-order valence-corrected chi connectivity index (χ2v) is 8.46. The van der Waals surface area contributed by atoms with Gasteiger partial charge in [0.2, 0.25) is 17.7 Å². The van der Waals surface area contributed by atoms with Crippen LogP contribution >= 0.6 is 12.6 Å². The molecule has 0 bridgehead atoms. The molecule has 0 aromatic carbocycles. The van der Waals surface area contributed by atoms with E-state index in [-0.39, 0.29) is 36.5 Å². The number of carbonyl (C=O) groups excluding carboxylic acids is 3. The van der Waals surface area contributed by atoms with Crippen LogP contribution in [0.15, 0.2) is 4.99 Å². The first-order valence-corrected chi connectivity index (χ1v) is 11.0. The van der Waals surface area contributed by atoms with Crippen molar-refractivity contribution in [3.05, 3.63) is 0 Å². The fourth-order valence-corrected chi connectivity index (χ4v) is 2.83. The molecule has 0 aliphatic heterocycles. The van der Waals surface area contributed by atoms with Crippen molar-refractivity contribution in [2.45, 2.75) is 64.7 Å². The maximum absolute atomic E-state index is 12.8. The second kappa shape index (κ2) is 14.5. The quantitative estimate of drug-likeness (QED) is 0.0616. The Bertz CT molecular complexity index is 683. The van der Waals surface area contributed by atoms with Gasteiger partial charge in [0.15, 0.2) is 5.96 Å². The topological polar surface area (TPSA) is 215 Å². The normalized spacial score (nSPS) is 14.8. The molecule has 0 aromatic rings. The van der Waals surface area contributed by atoms with Gasteiger partial charge in [0.1, 0.15) is 18.1 Å². The number of nitrogens with one attached hydrogen (secondary N) is 3. The van der Waals surface area contributed by atoms with Crippen molar-refractivity contribution in [1.82, 2.24) is 16.0 Å². The summed E-state index contributed by atoms with van der Waals surface area (Å²) < 4.78 is 0. The zero-order valence-electron chi connectivity index (χ0n) is 19.0. The molecule has 10 N–H and O–H groups in total. The Kier molecular flexibility index (Phi) is 13.4. The highest BCUT2D eigenvalue weighted by Gasteiger charge is 2.31. The fourth-order valence-electron chi connectivity index (χ4n) is 2.58. The number of carboxylic acid groups (broad SMARTS) is 1. The Morgan fingerprint density at radius 1 is 0.906 bits per heavy atom. The molecule has 0 radical (unpaired) electrons. The van der Waals surface area contributed by atoms with Gasteiger partial charge in [-0.25, -0.2) is 4.79 Å². The number of amides is 3. The SMILES string of the molecule is CC(C)C(N)C(=O)NC(CS)C(=O)NC(CCCN=C(N)N)C(=O)NC(C(=O)O)C(C)C. The summed E-state index contributed by atoms with van der Waals surface area (Å²) in [6, 6.07) is -4.06. The van der Waals surface area contributed by atoms with Crippen LogP contribution in [0.25, 0.3) is 0 Å². The van der Waals surface area contributed by atoms with Crippen LogP contribution in [-0.2, 0) is 19.2 Å². The first-order valence-electron chi connectivity index (χ1n) is 10.4. The van der Waals surface area contributed by atoms with E-state index in [4.69, 9.17) is 17.2 Å². The number of carboxylic acids is 1. The summed E-state index contributed by atoms with van der Waals surface area (Å²) in [5.74, 6) is -3.70. The van der Waals surface area contributed by atoms with Crippen LogP contribution in [0.2, 0.25) is 0 Å². The maximum Gasteiger partial charge on any atom is 0.326 e. The number of nitrogens with zero attached hydrogens (tertiary/aromatic N) is 1. The Balaban J connectivity index is 5.39. The Hall–Kier alpha value is -2.54. The van der Waals surface area contributed by atoms with Crippen molar-refractivity contribution in [2.75, 3.05) is 12.3 Å². The minimum atomic E-state index is -1.19. The molecule has 3 amide bonds. The van der Waals surface area contributed by atoms with Gasteiger partial charge in [-0.2, -0.15) is 12.6 Å². The number of nitrogens with two attached hydrogens (primary N) is 3. The van der Waals surface area contributed by atoms with Crippen molar-refractivity contribution in [2.24, 2.45) is 34.0 Å². The van der Waals surface area contributed by atoms with Crippen LogP contribution in [-0.4, -0.2) is 71.2 Å². The highest BCUT2D eigenvalue weighted by atomic mass is 32.1. The largest absolute Gasteiger partial charge is 0.480 e. The lowest BCUT2D eigenvalue weighted by atomic mass is 10.0. The van der Waals surface area contributed by atoms with Crippen LogP contribution < -0.4 is 33.2 Å². The number of guanidine groups is 1. The molecule has 0 heterocycles. The molecule has 184 valence electrons. The minimum Gasteiger partial charge on any atom is -0.480 e. The molecule has 4 unspecified atom stereocenters. The van der Waals surface area contributed by atoms with E-state index in [2.05, 4.69) is 33.6 Å². The molecular formula is C19H37N7O5S. The number of carbonyl (C=O) groups is 4. The predicted octanol–water partition coefficient (Wildman–Crippen LogP) is -1.85. The predicted molar refractivity (Wildman–Crippen MR) is 125 cm³/mol. The van der Waals surface area contributed by atoms with Gasteiger partial charge < -0.3 is 38.3 Å². The van der Waals surface area contributed by atoms with E-state index in [1.54, 1.807) is 27.7 Å². The number of thiol groups is 1. The number of aliphatic imine (C=N–C) groups is 1. The van der Waals surface area contributed by atoms with Crippen LogP contribution in [0.1, 0.15) is 40.5 Å². The smallest absolute Gasteiger partial charge is 0.326 e. The van der Waals surface area contributed by atoms with Crippen molar-refractivity contribution in [3.8, 4) is 0 Å². The van der Waals surface area contributed by atoms with Crippen LogP contribution in [0.5, 0.6) is 0 Å². The molecular weight excluding hydrogens is 438 g/mol. The van der Waals surface area contributed by atoms with Crippen molar-refractivity contribution >= 4 is 42.3 Å². The Labute approximate surface area is 193 Å². The molecule has 4 atom stereocenters. The molecule has 0 saturated carbocycles. The summed E-state index contributed by atoms with van der Waals surface area (Å²) in [6.07, 6.45) is 0.476. The van der Waals surface area contributed by atoms with Gasteiger partial charge >= 0.3 is 5.97 Å². The molecule has 0 aliphatic carbocycles. The van der Waals surface area contributed by atoms with Gasteiger partial charge in [0.05, 0.1) is 6.04 Å². The van der Waals surface area contributed by atoms with Crippen molar-refractivity contribution < 1.29 is 24.3 Å². The van der Waals surface area contributed by atoms with E-state index < -0.39 is 47.9 Å². The first-order chi connectivity index (χ1) is 14.8. The van der Waals surface area contributed by atoms with E-state index in [9.17, 15) is 24.3 Å². The molecule has 0 aromatic heterocycles. The summed E-state index contributed by atoms with van der Waals surface area (Å²) in [5, 5.41) is 16.8. The third-order valence-electron chi connectivity index (χ3n) is 4.65. The maximum atomic E-state index is 12.8. The average Bonchev–Trinajstić information content (AvgIpc) is 2.70. The Morgan fingerprint density at radius 3 is 1.88 bits per heavy atom. The van der Waals surface area contributed by atoms with E-state index in [0.29, 0.717) is 6.42 Å². The number of hydrogen-bond acceptors (Lipinski definition) is 7. The van der Waals surface area contributed by atoms with Crippen molar-refractivity contribution in [3.63, 3.8) is 0 Å². The highest BCUT2D eigenvalue weighted by molar-refractivity contribution is 7.80. The van der Waals surface area contributed by atoms with Crippen molar-refractivity contribution in [1.29, 1.82) is 0 Å². The Morgan fingerprint density at radius 2 is 1.44 bits per heavy atom. The zero-order chi connectivity index (χ0) is 25.0. The van der Waals surface area contributed by atoms with Gasteiger partial charge in [0.25, 0.3) is 0 Å². The average molecular weight is 476 g/mol. The van der Waals surface area contributed by atoms with Gasteiger partial charge in [-0.15, -0.1) is 0 Å². The molecule has 0 aliphatic rings. The van der Waals surface area contributed by atoms with Crippen LogP contribution in [0.4, 0.5) is 0 Å². The van der Waals surface area contributed by atoms with Gasteiger partial charge in [-0.3, -0.25) is 19.4 Å². The van der Waals surface area contributed by atoms with E-state index >= 15 is 0 Å². The number of aliphatic carboxylic acids is 1. The number of hydrogen-bond donors (Lipinski definition) is 8. The molecule has 0 rings (SSSR count). The van der Waals surface area contributed by atoms with Gasteiger partial charge in [-0.05, 0) is 24.7 Å². The first kappa shape index (κ1) is 29.5. The third-order valence-corrected chi connectivity index (χ3v) is 5.01. The summed E-state index contributed by atoms with van der Waals surface area (Å²) in [4.78, 5) is 53.0. The molecule has 0 fully saturated rings. The summed E-state index contributed by atoms with van der Waals surface area (Å²) in [7, 11) is 0. The van der Waals surface area contributed by atoms with E-state index in [0.717, 1.165) is 0 Å². The third kappa shape index (κ3) is 10.7. The lowest BCUT2D eigenvalue weighted by Gasteiger charge is -2.25. The number of rotatable bonds is 14. The fraction of sp³-hybridized carbons (Fsp3) is 0.737. The van der Waals surface area contributed by atoms with E-state index in [1.807, 2.05) is 0 Å². The summed E-state index contributed by atoms with van der Waals surface area (Å²) in [5.41, 5.74) is 16.4. The second-order valence-electron chi connectivity index (χ2n) is 8.09. The summed E-state index contributed by atoms with van der Waals surface area (Å²) in [6.45, 7) is 7.05. The standard InChI is InChI=1S/C19H37N7O5S/c1-9(2)13(20)17(29)25-12(8-32)16(28)24-11(6-5-7-23-19(21)22)15(27)26-14(10(3)4)18(30)31/h9-14,32H,5-8,20H2,1-4H3,(H,24,28)(H,25,29)(H,26,27)(H,30,31)(H4,21,22,23). The zero-order valence-corrected chi connectivity index (χ0v) is 19.9.